The molecule has 0 aliphatic carbocycles. The number of methoxy groups -OCH3 is 1. The number of carbonyl (C=O) groups excluding carboxylic acids is 1. The lowest BCUT2D eigenvalue weighted by atomic mass is 10.1. The quantitative estimate of drug-likeness (QED) is 0.725. The summed E-state index contributed by atoms with van der Waals surface area (Å²) in [6.07, 6.45) is 4.29. The summed E-state index contributed by atoms with van der Waals surface area (Å²) in [5.74, 6) is -0.416. The number of hydrogen-bond acceptors (Lipinski definition) is 3. The number of ether oxygens (including phenoxy) is 1. The first-order valence-corrected chi connectivity index (χ1v) is 6.51. The molecule has 0 radical (unpaired) electrons. The van der Waals surface area contributed by atoms with Gasteiger partial charge in [-0.05, 0) is 31.5 Å². The first-order chi connectivity index (χ1) is 9.17. The minimum absolute atomic E-state index is 0. The van der Waals surface area contributed by atoms with E-state index in [2.05, 4.69) is 5.32 Å². The van der Waals surface area contributed by atoms with Crippen LogP contribution in [0.3, 0.4) is 0 Å². The van der Waals surface area contributed by atoms with E-state index in [0.29, 0.717) is 18.7 Å². The number of rotatable bonds is 8. The monoisotopic (exact) mass is 304 g/mol. The summed E-state index contributed by atoms with van der Waals surface area (Å²) < 4.78 is 18.2. The summed E-state index contributed by atoms with van der Waals surface area (Å²) in [5.41, 5.74) is 5.83. The maximum absolute atomic E-state index is 13.4. The minimum atomic E-state index is -0.483. The van der Waals surface area contributed by atoms with Gasteiger partial charge in [-0.15, -0.1) is 12.4 Å². The molecule has 4 nitrogen and oxygen atoms in total. The number of carbonyl (C=O) groups is 1. The van der Waals surface area contributed by atoms with Gasteiger partial charge < -0.3 is 15.8 Å². The van der Waals surface area contributed by atoms with Gasteiger partial charge >= 0.3 is 0 Å². The normalized spacial score (nSPS) is 9.75. The molecule has 0 unspecified atom stereocenters. The second-order valence-electron chi connectivity index (χ2n) is 4.35. The SMILES string of the molecule is COc1ccc(NC(=O)CCCCCCN)cc1F.Cl. The van der Waals surface area contributed by atoms with Crippen molar-refractivity contribution >= 4 is 24.0 Å². The molecule has 6 heteroatoms. The molecule has 114 valence electrons. The minimum Gasteiger partial charge on any atom is -0.494 e. The van der Waals surface area contributed by atoms with Gasteiger partial charge in [0.1, 0.15) is 0 Å². The second kappa shape index (κ2) is 10.5. The molecule has 1 amide bonds. The van der Waals surface area contributed by atoms with Gasteiger partial charge in [-0.25, -0.2) is 4.39 Å². The fourth-order valence-electron chi connectivity index (χ4n) is 1.75. The highest BCUT2D eigenvalue weighted by Crippen LogP contribution is 2.20. The molecule has 0 heterocycles. The third-order valence-corrected chi connectivity index (χ3v) is 2.79. The van der Waals surface area contributed by atoms with Crippen molar-refractivity contribution in [3.63, 3.8) is 0 Å². The fraction of sp³-hybridized carbons (Fsp3) is 0.500. The van der Waals surface area contributed by atoms with Gasteiger partial charge in [-0.3, -0.25) is 4.79 Å². The lowest BCUT2D eigenvalue weighted by Gasteiger charge is -2.07. The van der Waals surface area contributed by atoms with Crippen LogP contribution < -0.4 is 15.8 Å². The van der Waals surface area contributed by atoms with Crippen molar-refractivity contribution in [3.8, 4) is 5.75 Å². The first-order valence-electron chi connectivity index (χ1n) is 6.51. The Morgan fingerprint density at radius 3 is 2.60 bits per heavy atom. The van der Waals surface area contributed by atoms with E-state index in [1.165, 1.54) is 19.2 Å². The third kappa shape index (κ3) is 6.73. The average Bonchev–Trinajstić information content (AvgIpc) is 2.39. The van der Waals surface area contributed by atoms with E-state index < -0.39 is 5.82 Å². The highest BCUT2D eigenvalue weighted by atomic mass is 35.5. The molecule has 1 rings (SSSR count). The van der Waals surface area contributed by atoms with Crippen LogP contribution in [0, 0.1) is 5.82 Å². The van der Waals surface area contributed by atoms with Gasteiger partial charge in [0.15, 0.2) is 11.6 Å². The van der Waals surface area contributed by atoms with E-state index in [-0.39, 0.29) is 24.1 Å². The van der Waals surface area contributed by atoms with Crippen molar-refractivity contribution in [2.24, 2.45) is 5.73 Å². The maximum atomic E-state index is 13.4. The van der Waals surface area contributed by atoms with E-state index >= 15 is 0 Å². The molecular formula is C14H22ClFN2O2. The van der Waals surface area contributed by atoms with Crippen LogP contribution in [0.15, 0.2) is 18.2 Å². The summed E-state index contributed by atoms with van der Waals surface area (Å²) in [5, 5.41) is 2.67. The van der Waals surface area contributed by atoms with E-state index in [9.17, 15) is 9.18 Å². The van der Waals surface area contributed by atoms with Gasteiger partial charge in [0.2, 0.25) is 5.91 Å². The first kappa shape index (κ1) is 18.7. The van der Waals surface area contributed by atoms with Crippen LogP contribution in [-0.2, 0) is 4.79 Å². The molecule has 0 aliphatic rings. The molecule has 20 heavy (non-hydrogen) atoms. The number of hydrogen-bond donors (Lipinski definition) is 2. The molecule has 0 aliphatic heterocycles. The highest BCUT2D eigenvalue weighted by Gasteiger charge is 2.06. The van der Waals surface area contributed by atoms with Crippen molar-refractivity contribution in [1.29, 1.82) is 0 Å². The van der Waals surface area contributed by atoms with Crippen molar-refractivity contribution < 1.29 is 13.9 Å². The number of benzene rings is 1. The number of amides is 1. The molecule has 0 aromatic heterocycles. The van der Waals surface area contributed by atoms with Crippen LogP contribution in [0.2, 0.25) is 0 Å². The Hall–Kier alpha value is -1.33. The van der Waals surface area contributed by atoms with Gasteiger partial charge in [0.25, 0.3) is 0 Å². The fourth-order valence-corrected chi connectivity index (χ4v) is 1.75. The summed E-state index contributed by atoms with van der Waals surface area (Å²) in [7, 11) is 1.40. The van der Waals surface area contributed by atoms with E-state index in [4.69, 9.17) is 10.5 Å². The molecule has 0 saturated heterocycles. The Balaban J connectivity index is 0.00000361. The Morgan fingerprint density at radius 1 is 1.30 bits per heavy atom. The number of nitrogens with two attached hydrogens (primary N) is 1. The van der Waals surface area contributed by atoms with Crippen molar-refractivity contribution in [2.75, 3.05) is 19.0 Å². The smallest absolute Gasteiger partial charge is 0.224 e. The number of unbranched alkanes of at least 4 members (excludes halogenated alkanes) is 3. The summed E-state index contributed by atoms with van der Waals surface area (Å²) in [4.78, 5) is 11.6. The molecule has 0 spiro atoms. The Morgan fingerprint density at radius 2 is 2.00 bits per heavy atom. The Bertz CT molecular complexity index is 416. The van der Waals surface area contributed by atoms with Crippen LogP contribution in [0.4, 0.5) is 10.1 Å². The van der Waals surface area contributed by atoms with Crippen LogP contribution in [0.1, 0.15) is 32.1 Å². The highest BCUT2D eigenvalue weighted by molar-refractivity contribution is 5.90. The molecule has 0 fully saturated rings. The Labute approximate surface area is 125 Å². The molecule has 1 aromatic carbocycles. The van der Waals surface area contributed by atoms with Gasteiger partial charge in [0, 0.05) is 18.2 Å². The lowest BCUT2D eigenvalue weighted by Crippen LogP contribution is -2.11. The third-order valence-electron chi connectivity index (χ3n) is 2.79. The van der Waals surface area contributed by atoms with E-state index in [1.54, 1.807) is 6.07 Å². The summed E-state index contributed by atoms with van der Waals surface area (Å²) >= 11 is 0. The van der Waals surface area contributed by atoms with E-state index in [0.717, 1.165) is 25.7 Å². The predicted octanol–water partition coefficient (Wildman–Crippen LogP) is 3.10. The molecule has 0 saturated carbocycles. The van der Waals surface area contributed by atoms with Crippen molar-refractivity contribution in [2.45, 2.75) is 32.1 Å². The summed E-state index contributed by atoms with van der Waals surface area (Å²) in [6, 6.07) is 4.37. The average molecular weight is 305 g/mol. The molecule has 1 aromatic rings. The van der Waals surface area contributed by atoms with E-state index in [1.807, 2.05) is 0 Å². The predicted molar refractivity (Wildman–Crippen MR) is 81.0 cm³/mol. The Kier molecular flexibility index (Phi) is 9.76. The number of nitrogens with one attached hydrogen (secondary N) is 1. The topological polar surface area (TPSA) is 64.3 Å². The summed E-state index contributed by atoms with van der Waals surface area (Å²) in [6.45, 7) is 0.692. The second-order valence-corrected chi connectivity index (χ2v) is 4.35. The molecule has 0 bridgehead atoms. The van der Waals surface area contributed by atoms with Gasteiger partial charge in [-0.2, -0.15) is 0 Å². The number of halogens is 2. The van der Waals surface area contributed by atoms with Crippen molar-refractivity contribution in [3.05, 3.63) is 24.0 Å². The van der Waals surface area contributed by atoms with Crippen molar-refractivity contribution in [1.82, 2.24) is 0 Å². The van der Waals surface area contributed by atoms with Crippen LogP contribution >= 0.6 is 12.4 Å². The maximum Gasteiger partial charge on any atom is 0.224 e. The standard InChI is InChI=1S/C14H21FN2O2.ClH/c1-19-13-8-7-11(10-12(13)15)17-14(18)6-4-2-3-5-9-16;/h7-8,10H,2-6,9,16H2,1H3,(H,17,18);1H. The van der Waals surface area contributed by atoms with Crippen LogP contribution in [0.25, 0.3) is 0 Å². The van der Waals surface area contributed by atoms with Gasteiger partial charge in [-0.1, -0.05) is 12.8 Å². The molecular weight excluding hydrogens is 283 g/mol. The largest absolute Gasteiger partial charge is 0.494 e. The van der Waals surface area contributed by atoms with Gasteiger partial charge in [0.05, 0.1) is 7.11 Å². The molecule has 0 atom stereocenters. The molecule has 3 N–H and O–H groups in total. The lowest BCUT2D eigenvalue weighted by molar-refractivity contribution is -0.116. The zero-order valence-corrected chi connectivity index (χ0v) is 12.5. The zero-order chi connectivity index (χ0) is 14.1. The zero-order valence-electron chi connectivity index (χ0n) is 11.7. The van der Waals surface area contributed by atoms with Crippen LogP contribution in [-0.4, -0.2) is 19.6 Å². The van der Waals surface area contributed by atoms with Crippen LogP contribution in [0.5, 0.6) is 5.75 Å². The number of anilines is 1.